The van der Waals surface area contributed by atoms with Crippen LogP contribution in [0, 0.1) is 0 Å². The lowest BCUT2D eigenvalue weighted by atomic mass is 10.1. The number of nitrogens with two attached hydrogens (primary N) is 1. The van der Waals surface area contributed by atoms with Crippen LogP contribution < -0.4 is 5.73 Å². The summed E-state index contributed by atoms with van der Waals surface area (Å²) in [5.41, 5.74) is 6.14. The second kappa shape index (κ2) is 5.56. The lowest BCUT2D eigenvalue weighted by Gasteiger charge is -2.32. The molecule has 6 heteroatoms. The number of piperidine rings is 1. The van der Waals surface area contributed by atoms with Gasteiger partial charge in [-0.25, -0.2) is 8.42 Å². The van der Waals surface area contributed by atoms with E-state index in [9.17, 15) is 8.42 Å². The third kappa shape index (κ3) is 2.96. The van der Waals surface area contributed by atoms with Crippen molar-refractivity contribution in [1.82, 2.24) is 4.31 Å². The highest BCUT2D eigenvalue weighted by molar-refractivity contribution is 7.89. The summed E-state index contributed by atoms with van der Waals surface area (Å²) < 4.78 is 26.8. The Balaban J connectivity index is 2.38. The van der Waals surface area contributed by atoms with Gasteiger partial charge in [0.25, 0.3) is 0 Å². The normalized spacial score (nSPS) is 21.2. The van der Waals surface area contributed by atoms with E-state index in [0.29, 0.717) is 12.1 Å². The predicted octanol–water partition coefficient (Wildman–Crippen LogP) is 1.88. The molecule has 0 aromatic heterocycles. The number of hydrogen-bond donors (Lipinski definition) is 1. The first kappa shape index (κ1) is 14.4. The van der Waals surface area contributed by atoms with Crippen LogP contribution in [0.5, 0.6) is 0 Å². The first-order valence-electron chi connectivity index (χ1n) is 6.34. The van der Waals surface area contributed by atoms with E-state index in [1.165, 1.54) is 0 Å². The van der Waals surface area contributed by atoms with Crippen LogP contribution in [0.3, 0.4) is 0 Å². The van der Waals surface area contributed by atoms with Gasteiger partial charge in [-0.15, -0.1) is 0 Å². The molecule has 1 unspecified atom stereocenters. The Bertz CT molecular complexity index is 584. The van der Waals surface area contributed by atoms with Crippen molar-refractivity contribution in [3.8, 4) is 0 Å². The second-order valence-electron chi connectivity index (χ2n) is 4.85. The van der Waals surface area contributed by atoms with Crippen molar-refractivity contribution in [2.24, 2.45) is 5.73 Å². The molecular weight excluding hydrogens is 280 g/mol. The van der Waals surface area contributed by atoms with E-state index in [4.69, 9.17) is 18.0 Å². The maximum Gasteiger partial charge on any atom is 0.243 e. The molecule has 1 heterocycles. The van der Waals surface area contributed by atoms with Crippen molar-refractivity contribution in [2.45, 2.75) is 37.1 Å². The summed E-state index contributed by atoms with van der Waals surface area (Å²) in [7, 11) is -3.45. The third-order valence-electron chi connectivity index (χ3n) is 3.47. The standard InChI is InChI=1S/C13H18N2O2S2/c1-10-5-2-3-8-15(10)19(16,17)12-7-4-6-11(9-12)13(14)18/h4,6-7,9-10H,2-3,5,8H2,1H3,(H2,14,18). The minimum Gasteiger partial charge on any atom is -0.389 e. The molecule has 1 aromatic carbocycles. The van der Waals surface area contributed by atoms with Crippen LogP contribution in [-0.4, -0.2) is 30.3 Å². The second-order valence-corrected chi connectivity index (χ2v) is 7.18. The number of thiocarbonyl (C=S) groups is 1. The Morgan fingerprint density at radius 2 is 2.16 bits per heavy atom. The average Bonchev–Trinajstić information content (AvgIpc) is 2.39. The fraction of sp³-hybridized carbons (Fsp3) is 0.462. The SMILES string of the molecule is CC1CCCCN1S(=O)(=O)c1cccc(C(N)=S)c1. The van der Waals surface area contributed by atoms with Crippen molar-refractivity contribution >= 4 is 27.2 Å². The van der Waals surface area contributed by atoms with Crippen molar-refractivity contribution < 1.29 is 8.42 Å². The van der Waals surface area contributed by atoms with E-state index in [2.05, 4.69) is 0 Å². The molecule has 1 aliphatic rings. The molecule has 0 spiro atoms. The van der Waals surface area contributed by atoms with Gasteiger partial charge in [0.05, 0.1) is 4.90 Å². The predicted molar refractivity (Wildman–Crippen MR) is 79.5 cm³/mol. The van der Waals surface area contributed by atoms with Gasteiger partial charge in [0.15, 0.2) is 0 Å². The van der Waals surface area contributed by atoms with Crippen LogP contribution in [0.2, 0.25) is 0 Å². The molecule has 1 aromatic rings. The zero-order valence-electron chi connectivity index (χ0n) is 10.9. The van der Waals surface area contributed by atoms with E-state index >= 15 is 0 Å². The van der Waals surface area contributed by atoms with Gasteiger partial charge in [-0.3, -0.25) is 0 Å². The summed E-state index contributed by atoms with van der Waals surface area (Å²) in [4.78, 5) is 0.482. The van der Waals surface area contributed by atoms with Gasteiger partial charge in [0, 0.05) is 18.2 Å². The van der Waals surface area contributed by atoms with Gasteiger partial charge in [0.2, 0.25) is 10.0 Å². The van der Waals surface area contributed by atoms with Gasteiger partial charge in [-0.2, -0.15) is 4.31 Å². The molecule has 104 valence electrons. The number of rotatable bonds is 3. The van der Waals surface area contributed by atoms with Gasteiger partial charge in [-0.1, -0.05) is 30.8 Å². The summed E-state index contributed by atoms with van der Waals surface area (Å²) in [5.74, 6) is 0. The Kier molecular flexibility index (Phi) is 4.23. The molecule has 1 fully saturated rings. The highest BCUT2D eigenvalue weighted by atomic mass is 32.2. The van der Waals surface area contributed by atoms with Gasteiger partial charge in [0.1, 0.15) is 4.99 Å². The van der Waals surface area contributed by atoms with Crippen LogP contribution >= 0.6 is 12.2 Å². The number of sulfonamides is 1. The Hall–Kier alpha value is -0.980. The maximum absolute atomic E-state index is 12.6. The van der Waals surface area contributed by atoms with Crippen LogP contribution in [0.15, 0.2) is 29.2 Å². The fourth-order valence-corrected chi connectivity index (χ4v) is 4.25. The van der Waals surface area contributed by atoms with Crippen LogP contribution in [0.25, 0.3) is 0 Å². The van der Waals surface area contributed by atoms with E-state index in [-0.39, 0.29) is 15.9 Å². The average molecular weight is 298 g/mol. The highest BCUT2D eigenvalue weighted by Crippen LogP contribution is 2.25. The Labute approximate surface area is 119 Å². The van der Waals surface area contributed by atoms with Gasteiger partial charge in [-0.05, 0) is 31.9 Å². The molecule has 2 N–H and O–H groups in total. The third-order valence-corrected chi connectivity index (χ3v) is 5.71. The molecule has 19 heavy (non-hydrogen) atoms. The Morgan fingerprint density at radius 1 is 1.42 bits per heavy atom. The first-order valence-corrected chi connectivity index (χ1v) is 8.19. The zero-order chi connectivity index (χ0) is 14.0. The maximum atomic E-state index is 12.6. The minimum atomic E-state index is -3.45. The molecule has 0 aliphatic carbocycles. The zero-order valence-corrected chi connectivity index (χ0v) is 12.5. The lowest BCUT2D eigenvalue weighted by molar-refractivity contribution is 0.268. The summed E-state index contributed by atoms with van der Waals surface area (Å²) in [6.45, 7) is 2.54. The topological polar surface area (TPSA) is 63.4 Å². The molecule has 1 aliphatic heterocycles. The van der Waals surface area contributed by atoms with Crippen molar-refractivity contribution in [2.75, 3.05) is 6.54 Å². The van der Waals surface area contributed by atoms with Gasteiger partial charge >= 0.3 is 0 Å². The van der Waals surface area contributed by atoms with Crippen LogP contribution in [-0.2, 0) is 10.0 Å². The van der Waals surface area contributed by atoms with Crippen molar-refractivity contribution in [3.63, 3.8) is 0 Å². The molecule has 4 nitrogen and oxygen atoms in total. The molecule has 0 radical (unpaired) electrons. The first-order chi connectivity index (χ1) is 8.93. The number of hydrogen-bond acceptors (Lipinski definition) is 3. The van der Waals surface area contributed by atoms with E-state index < -0.39 is 10.0 Å². The molecule has 0 saturated carbocycles. The van der Waals surface area contributed by atoms with Gasteiger partial charge < -0.3 is 5.73 Å². The number of benzene rings is 1. The summed E-state index contributed by atoms with van der Waals surface area (Å²) in [6, 6.07) is 6.60. The quantitative estimate of drug-likeness (QED) is 0.866. The smallest absolute Gasteiger partial charge is 0.243 e. The van der Waals surface area contributed by atoms with E-state index in [0.717, 1.165) is 19.3 Å². The molecule has 2 rings (SSSR count). The number of nitrogens with zero attached hydrogens (tertiary/aromatic N) is 1. The fourth-order valence-electron chi connectivity index (χ4n) is 2.37. The monoisotopic (exact) mass is 298 g/mol. The molecule has 0 bridgehead atoms. The van der Waals surface area contributed by atoms with Crippen molar-refractivity contribution in [3.05, 3.63) is 29.8 Å². The van der Waals surface area contributed by atoms with Crippen molar-refractivity contribution in [1.29, 1.82) is 0 Å². The summed E-state index contributed by atoms with van der Waals surface area (Å²) >= 11 is 4.89. The Morgan fingerprint density at radius 3 is 2.79 bits per heavy atom. The highest BCUT2D eigenvalue weighted by Gasteiger charge is 2.30. The minimum absolute atomic E-state index is 0.0484. The molecule has 1 saturated heterocycles. The molecular formula is C13H18N2O2S2. The van der Waals surface area contributed by atoms with Crippen LogP contribution in [0.1, 0.15) is 31.7 Å². The van der Waals surface area contributed by atoms with E-state index in [1.807, 2.05) is 6.92 Å². The summed E-state index contributed by atoms with van der Waals surface area (Å²) in [5, 5.41) is 0. The van der Waals surface area contributed by atoms with E-state index in [1.54, 1.807) is 28.6 Å². The molecule has 1 atom stereocenters. The largest absolute Gasteiger partial charge is 0.389 e. The molecule has 0 amide bonds. The van der Waals surface area contributed by atoms with Crippen LogP contribution in [0.4, 0.5) is 0 Å². The lowest BCUT2D eigenvalue weighted by Crippen LogP contribution is -2.41. The summed E-state index contributed by atoms with van der Waals surface area (Å²) in [6.07, 6.45) is 2.91.